The number of phenols is 1. The Hall–Kier alpha value is -1.26. The Labute approximate surface area is 124 Å². The first-order valence-corrected chi connectivity index (χ1v) is 7.31. The Kier molecular flexibility index (Phi) is 4.89. The van der Waals surface area contributed by atoms with E-state index >= 15 is 0 Å². The Morgan fingerprint density at radius 1 is 1.35 bits per heavy atom. The summed E-state index contributed by atoms with van der Waals surface area (Å²) in [6, 6.07) is 5.16. The molecular weight excluding hydrogens is 276 g/mol. The van der Waals surface area contributed by atoms with Crippen molar-refractivity contribution in [1.29, 1.82) is 0 Å². The molecule has 0 bridgehead atoms. The summed E-state index contributed by atoms with van der Waals surface area (Å²) in [7, 11) is 4.15. The Balaban J connectivity index is 2.09. The molecule has 0 spiro atoms. The van der Waals surface area contributed by atoms with Gasteiger partial charge in [-0.15, -0.1) is 0 Å². The van der Waals surface area contributed by atoms with Gasteiger partial charge in [-0.25, -0.2) is 0 Å². The summed E-state index contributed by atoms with van der Waals surface area (Å²) >= 11 is 5.80. The highest BCUT2D eigenvalue weighted by molar-refractivity contribution is 6.30. The van der Waals surface area contributed by atoms with Gasteiger partial charge >= 0.3 is 0 Å². The molecule has 1 amide bonds. The maximum atomic E-state index is 12.5. The van der Waals surface area contributed by atoms with Crippen LogP contribution in [-0.2, 0) is 0 Å². The molecule has 0 unspecified atom stereocenters. The summed E-state index contributed by atoms with van der Waals surface area (Å²) in [5.74, 6) is -0.158. The predicted molar refractivity (Wildman–Crippen MR) is 80.3 cm³/mol. The Morgan fingerprint density at radius 3 is 2.75 bits per heavy atom. The molecule has 0 aliphatic carbocycles. The third kappa shape index (κ3) is 3.44. The highest BCUT2D eigenvalue weighted by Gasteiger charge is 2.24. The lowest BCUT2D eigenvalue weighted by molar-refractivity contribution is 0.0755. The average Bonchev–Trinajstić information content (AvgIpc) is 2.63. The van der Waals surface area contributed by atoms with Crippen molar-refractivity contribution in [2.45, 2.75) is 25.3 Å². The standard InChI is InChI=1S/C15H21ClN2O2/c1-17(2)12-4-3-8-18(9-7-12)15(20)13-6-5-11(16)10-14(13)19/h5-6,10,12,19H,3-4,7-9H2,1-2H3/t12-/m1/s1. The minimum atomic E-state index is -0.112. The average molecular weight is 297 g/mol. The molecule has 1 N–H and O–H groups in total. The van der Waals surface area contributed by atoms with E-state index in [1.54, 1.807) is 12.1 Å². The normalized spacial score (nSPS) is 20.0. The molecule has 5 heteroatoms. The van der Waals surface area contributed by atoms with Crippen LogP contribution in [0.2, 0.25) is 5.02 Å². The van der Waals surface area contributed by atoms with Crippen molar-refractivity contribution < 1.29 is 9.90 Å². The van der Waals surface area contributed by atoms with Gasteiger partial charge in [0.2, 0.25) is 0 Å². The van der Waals surface area contributed by atoms with E-state index in [2.05, 4.69) is 19.0 Å². The fourth-order valence-corrected chi connectivity index (χ4v) is 2.82. The molecule has 1 aliphatic rings. The first-order chi connectivity index (χ1) is 9.49. The van der Waals surface area contributed by atoms with Gasteiger partial charge in [0.25, 0.3) is 5.91 Å². The molecular formula is C15H21ClN2O2. The number of halogens is 1. The van der Waals surface area contributed by atoms with Crippen LogP contribution in [0.15, 0.2) is 18.2 Å². The summed E-state index contributed by atoms with van der Waals surface area (Å²) in [5, 5.41) is 10.3. The molecule has 4 nitrogen and oxygen atoms in total. The molecule has 0 saturated carbocycles. The predicted octanol–water partition coefficient (Wildman–Crippen LogP) is 2.60. The van der Waals surface area contributed by atoms with Gasteiger partial charge < -0.3 is 14.9 Å². The van der Waals surface area contributed by atoms with E-state index in [0.717, 1.165) is 32.4 Å². The molecule has 1 atom stereocenters. The van der Waals surface area contributed by atoms with Gasteiger partial charge in [0.15, 0.2) is 0 Å². The lowest BCUT2D eigenvalue weighted by Gasteiger charge is -2.23. The number of carbonyl (C=O) groups excluding carboxylic acids is 1. The highest BCUT2D eigenvalue weighted by atomic mass is 35.5. The van der Waals surface area contributed by atoms with E-state index in [4.69, 9.17) is 11.6 Å². The molecule has 1 aliphatic heterocycles. The second kappa shape index (κ2) is 6.46. The van der Waals surface area contributed by atoms with E-state index < -0.39 is 0 Å². The molecule has 1 saturated heterocycles. The number of hydrogen-bond donors (Lipinski definition) is 1. The Bertz CT molecular complexity index is 491. The number of amides is 1. The first-order valence-electron chi connectivity index (χ1n) is 6.93. The van der Waals surface area contributed by atoms with Crippen molar-refractivity contribution in [2.24, 2.45) is 0 Å². The SMILES string of the molecule is CN(C)[C@@H]1CCCN(C(=O)c2ccc(Cl)cc2O)CC1. The number of nitrogens with zero attached hydrogens (tertiary/aromatic N) is 2. The zero-order valence-electron chi connectivity index (χ0n) is 12.0. The number of rotatable bonds is 2. The van der Waals surface area contributed by atoms with Gasteiger partial charge in [-0.2, -0.15) is 0 Å². The summed E-state index contributed by atoms with van der Waals surface area (Å²) in [4.78, 5) is 16.5. The van der Waals surface area contributed by atoms with Crippen LogP contribution < -0.4 is 0 Å². The summed E-state index contributed by atoms with van der Waals surface area (Å²) in [6.45, 7) is 1.47. The molecule has 20 heavy (non-hydrogen) atoms. The fourth-order valence-electron chi connectivity index (χ4n) is 2.65. The van der Waals surface area contributed by atoms with Gasteiger partial charge in [0.05, 0.1) is 5.56 Å². The van der Waals surface area contributed by atoms with E-state index in [-0.39, 0.29) is 11.7 Å². The van der Waals surface area contributed by atoms with Crippen molar-refractivity contribution in [2.75, 3.05) is 27.2 Å². The van der Waals surface area contributed by atoms with Crippen molar-refractivity contribution in [3.05, 3.63) is 28.8 Å². The minimum absolute atomic E-state index is 0.0455. The smallest absolute Gasteiger partial charge is 0.257 e. The molecule has 0 aromatic heterocycles. The summed E-state index contributed by atoms with van der Waals surface area (Å²) in [5.41, 5.74) is 0.331. The van der Waals surface area contributed by atoms with E-state index in [1.807, 2.05) is 4.90 Å². The topological polar surface area (TPSA) is 43.8 Å². The number of hydrogen-bond acceptors (Lipinski definition) is 3. The third-order valence-corrected chi connectivity index (χ3v) is 4.14. The van der Waals surface area contributed by atoms with Crippen LogP contribution in [0.1, 0.15) is 29.6 Å². The maximum Gasteiger partial charge on any atom is 0.257 e. The third-order valence-electron chi connectivity index (χ3n) is 3.91. The second-order valence-electron chi connectivity index (χ2n) is 5.50. The molecule has 1 fully saturated rings. The largest absolute Gasteiger partial charge is 0.507 e. The summed E-state index contributed by atoms with van der Waals surface area (Å²) < 4.78 is 0. The van der Waals surface area contributed by atoms with Crippen LogP contribution in [0.5, 0.6) is 5.75 Å². The van der Waals surface area contributed by atoms with Gasteiger partial charge in [-0.3, -0.25) is 4.79 Å². The number of aromatic hydroxyl groups is 1. The molecule has 110 valence electrons. The van der Waals surface area contributed by atoms with E-state index in [0.29, 0.717) is 16.6 Å². The number of carbonyl (C=O) groups is 1. The van der Waals surface area contributed by atoms with Crippen LogP contribution in [0.3, 0.4) is 0 Å². The van der Waals surface area contributed by atoms with Crippen LogP contribution in [0.25, 0.3) is 0 Å². The quantitative estimate of drug-likeness (QED) is 0.912. The summed E-state index contributed by atoms with van der Waals surface area (Å²) in [6.07, 6.45) is 3.05. The van der Waals surface area contributed by atoms with Crippen molar-refractivity contribution >= 4 is 17.5 Å². The minimum Gasteiger partial charge on any atom is -0.507 e. The zero-order chi connectivity index (χ0) is 14.7. The fraction of sp³-hybridized carbons (Fsp3) is 0.533. The van der Waals surface area contributed by atoms with Crippen molar-refractivity contribution in [1.82, 2.24) is 9.80 Å². The van der Waals surface area contributed by atoms with Crippen LogP contribution in [0.4, 0.5) is 0 Å². The molecule has 1 aromatic rings. The van der Waals surface area contributed by atoms with Crippen LogP contribution in [-0.4, -0.2) is 54.0 Å². The second-order valence-corrected chi connectivity index (χ2v) is 5.94. The van der Waals surface area contributed by atoms with Gasteiger partial charge in [-0.1, -0.05) is 11.6 Å². The molecule has 2 rings (SSSR count). The van der Waals surface area contributed by atoms with Crippen molar-refractivity contribution in [3.63, 3.8) is 0 Å². The monoisotopic (exact) mass is 296 g/mol. The zero-order valence-corrected chi connectivity index (χ0v) is 12.7. The lowest BCUT2D eigenvalue weighted by atomic mass is 10.1. The Morgan fingerprint density at radius 2 is 2.10 bits per heavy atom. The number of likely N-dealkylation sites (tertiary alicyclic amines) is 1. The van der Waals surface area contributed by atoms with Gasteiger partial charge in [-0.05, 0) is 51.6 Å². The van der Waals surface area contributed by atoms with Crippen LogP contribution in [0, 0.1) is 0 Å². The van der Waals surface area contributed by atoms with Crippen molar-refractivity contribution in [3.8, 4) is 5.75 Å². The molecule has 0 radical (unpaired) electrons. The molecule has 1 aromatic carbocycles. The number of phenolic OH excluding ortho intramolecular Hbond substituents is 1. The van der Waals surface area contributed by atoms with Gasteiger partial charge in [0.1, 0.15) is 5.75 Å². The lowest BCUT2D eigenvalue weighted by Crippen LogP contribution is -2.33. The van der Waals surface area contributed by atoms with E-state index in [9.17, 15) is 9.90 Å². The maximum absolute atomic E-state index is 12.5. The number of benzene rings is 1. The van der Waals surface area contributed by atoms with Gasteiger partial charge in [0, 0.05) is 24.2 Å². The highest BCUT2D eigenvalue weighted by Crippen LogP contribution is 2.24. The first kappa shape index (κ1) is 15.1. The van der Waals surface area contributed by atoms with E-state index in [1.165, 1.54) is 6.07 Å². The van der Waals surface area contributed by atoms with Crippen LogP contribution >= 0.6 is 11.6 Å². The molecule has 1 heterocycles.